The molecule has 3 aromatic rings. The fourth-order valence-electron chi connectivity index (χ4n) is 3.26. The molecule has 0 radical (unpaired) electrons. The van der Waals surface area contributed by atoms with Crippen molar-refractivity contribution in [1.82, 2.24) is 4.98 Å². The maximum absolute atomic E-state index is 13.1. The summed E-state index contributed by atoms with van der Waals surface area (Å²) in [5, 5.41) is 14.2. The Balaban J connectivity index is 1.61. The SMILES string of the molecule is COc1c(Br)cc(C(=O)C2COc3ncc(-c4cccc([N+](=O)[O-])c4)cc3N2)cc1Br. The minimum Gasteiger partial charge on any atom is -0.494 e. The number of nitrogens with one attached hydrogen (secondary N) is 1. The number of nitro benzene ring substituents is 1. The third kappa shape index (κ3) is 4.26. The molecule has 0 saturated carbocycles. The minimum absolute atomic E-state index is 0.0110. The van der Waals surface area contributed by atoms with Gasteiger partial charge in [-0.15, -0.1) is 0 Å². The minimum atomic E-state index is -0.623. The van der Waals surface area contributed by atoms with Crippen molar-refractivity contribution in [2.24, 2.45) is 0 Å². The molecule has 1 atom stereocenters. The van der Waals surface area contributed by atoms with Gasteiger partial charge in [0.05, 0.1) is 26.7 Å². The first kappa shape index (κ1) is 21.3. The van der Waals surface area contributed by atoms with Crippen molar-refractivity contribution in [2.75, 3.05) is 19.0 Å². The molecule has 1 aliphatic rings. The highest BCUT2D eigenvalue weighted by Crippen LogP contribution is 2.36. The molecule has 31 heavy (non-hydrogen) atoms. The number of anilines is 1. The number of benzene rings is 2. The first-order valence-electron chi connectivity index (χ1n) is 9.09. The van der Waals surface area contributed by atoms with E-state index in [-0.39, 0.29) is 18.1 Å². The second kappa shape index (κ2) is 8.64. The van der Waals surface area contributed by atoms with Gasteiger partial charge in [-0.3, -0.25) is 14.9 Å². The van der Waals surface area contributed by atoms with E-state index in [4.69, 9.17) is 9.47 Å². The molecule has 10 heteroatoms. The van der Waals surface area contributed by atoms with Gasteiger partial charge in [-0.25, -0.2) is 4.98 Å². The van der Waals surface area contributed by atoms with Crippen molar-refractivity contribution in [3.63, 3.8) is 0 Å². The molecular weight excluding hydrogens is 534 g/mol. The van der Waals surface area contributed by atoms with Gasteiger partial charge in [0.25, 0.3) is 5.69 Å². The lowest BCUT2D eigenvalue weighted by Crippen LogP contribution is -2.38. The summed E-state index contributed by atoms with van der Waals surface area (Å²) in [6.45, 7) is 0.121. The van der Waals surface area contributed by atoms with Crippen molar-refractivity contribution in [3.05, 3.63) is 73.3 Å². The summed E-state index contributed by atoms with van der Waals surface area (Å²) in [5.41, 5.74) is 2.32. The number of ketones is 1. The number of fused-ring (bicyclic) bond motifs is 1. The molecule has 1 aromatic heterocycles. The standard InChI is InChI=1S/C21H15Br2N3O5/c1-30-20-15(22)6-12(7-16(20)23)19(27)18-10-31-21-17(25-18)8-13(9-24-21)11-3-2-4-14(5-11)26(28)29/h2-9,18,25H,10H2,1H3. The quantitative estimate of drug-likeness (QED) is 0.264. The highest BCUT2D eigenvalue weighted by Gasteiger charge is 2.28. The third-order valence-corrected chi connectivity index (χ3v) is 5.94. The van der Waals surface area contributed by atoms with Crippen molar-refractivity contribution < 1.29 is 19.2 Å². The number of hydrogen-bond donors (Lipinski definition) is 1. The van der Waals surface area contributed by atoms with Crippen LogP contribution >= 0.6 is 31.9 Å². The van der Waals surface area contributed by atoms with Crippen LogP contribution in [0.3, 0.4) is 0 Å². The van der Waals surface area contributed by atoms with E-state index in [2.05, 4.69) is 42.2 Å². The van der Waals surface area contributed by atoms with Crippen LogP contribution in [0.25, 0.3) is 11.1 Å². The number of nitro groups is 1. The fraction of sp³-hybridized carbons (Fsp3) is 0.143. The number of rotatable bonds is 5. The van der Waals surface area contributed by atoms with E-state index in [0.29, 0.717) is 43.0 Å². The van der Waals surface area contributed by atoms with E-state index < -0.39 is 11.0 Å². The third-order valence-electron chi connectivity index (χ3n) is 4.76. The van der Waals surface area contributed by atoms with Gasteiger partial charge in [0.2, 0.25) is 5.88 Å². The molecule has 4 rings (SSSR count). The summed E-state index contributed by atoms with van der Waals surface area (Å²) >= 11 is 6.82. The molecule has 0 saturated heterocycles. The molecule has 2 heterocycles. The summed E-state index contributed by atoms with van der Waals surface area (Å²) in [6.07, 6.45) is 1.58. The summed E-state index contributed by atoms with van der Waals surface area (Å²) in [7, 11) is 1.55. The van der Waals surface area contributed by atoms with E-state index in [9.17, 15) is 14.9 Å². The van der Waals surface area contributed by atoms with Gasteiger partial charge >= 0.3 is 0 Å². The summed E-state index contributed by atoms with van der Waals surface area (Å²) < 4.78 is 12.3. The Morgan fingerprint density at radius 2 is 1.97 bits per heavy atom. The number of aromatic nitrogens is 1. The second-order valence-corrected chi connectivity index (χ2v) is 8.44. The maximum Gasteiger partial charge on any atom is 0.270 e. The van der Waals surface area contributed by atoms with Gasteiger partial charge in [-0.1, -0.05) is 12.1 Å². The second-order valence-electron chi connectivity index (χ2n) is 6.73. The first-order chi connectivity index (χ1) is 14.9. The number of ether oxygens (including phenoxy) is 2. The van der Waals surface area contributed by atoms with E-state index in [0.717, 1.165) is 0 Å². The van der Waals surface area contributed by atoms with Crippen LogP contribution in [0.1, 0.15) is 10.4 Å². The molecule has 0 amide bonds. The average molecular weight is 549 g/mol. The molecule has 0 aliphatic carbocycles. The number of halogens is 2. The number of carbonyl (C=O) groups excluding carboxylic acids is 1. The number of pyridine rings is 1. The Labute approximate surface area is 194 Å². The molecule has 8 nitrogen and oxygen atoms in total. The molecule has 0 fully saturated rings. The van der Waals surface area contributed by atoms with E-state index in [1.165, 1.54) is 12.1 Å². The van der Waals surface area contributed by atoms with Gasteiger partial charge in [0, 0.05) is 29.5 Å². The Bertz CT molecular complexity index is 1180. The molecule has 1 N–H and O–H groups in total. The van der Waals surface area contributed by atoms with Crippen LogP contribution in [0.15, 0.2) is 57.6 Å². The highest BCUT2D eigenvalue weighted by molar-refractivity contribution is 9.11. The van der Waals surface area contributed by atoms with E-state index >= 15 is 0 Å². The molecular formula is C21H15Br2N3O5. The monoisotopic (exact) mass is 547 g/mol. The fourth-order valence-corrected chi connectivity index (χ4v) is 4.77. The van der Waals surface area contributed by atoms with Gasteiger partial charge in [-0.05, 0) is 55.6 Å². The van der Waals surface area contributed by atoms with Crippen LogP contribution in [0.4, 0.5) is 11.4 Å². The number of Topliss-reactive ketones (excluding diaryl/α,β-unsaturated/α-hetero) is 1. The Morgan fingerprint density at radius 3 is 2.65 bits per heavy atom. The lowest BCUT2D eigenvalue weighted by atomic mass is 10.0. The van der Waals surface area contributed by atoms with Gasteiger partial charge in [-0.2, -0.15) is 0 Å². The Morgan fingerprint density at radius 1 is 1.23 bits per heavy atom. The lowest BCUT2D eigenvalue weighted by Gasteiger charge is -2.26. The summed E-state index contributed by atoms with van der Waals surface area (Å²) in [4.78, 5) is 28.0. The number of carbonyl (C=O) groups is 1. The molecule has 158 valence electrons. The number of non-ortho nitro benzene ring substituents is 1. The predicted octanol–water partition coefficient (Wildman–Crippen LogP) is 5.25. The number of hydrogen-bond acceptors (Lipinski definition) is 7. The predicted molar refractivity (Wildman–Crippen MR) is 122 cm³/mol. The normalized spacial score (nSPS) is 14.7. The zero-order valence-corrected chi connectivity index (χ0v) is 19.3. The van der Waals surface area contributed by atoms with Crippen molar-refractivity contribution in [2.45, 2.75) is 6.04 Å². The van der Waals surface area contributed by atoms with Crippen LogP contribution in [0, 0.1) is 10.1 Å². The van der Waals surface area contributed by atoms with Gasteiger partial charge in [0.15, 0.2) is 5.78 Å². The molecule has 1 unspecified atom stereocenters. The smallest absolute Gasteiger partial charge is 0.270 e. The highest BCUT2D eigenvalue weighted by atomic mass is 79.9. The summed E-state index contributed by atoms with van der Waals surface area (Å²) in [6, 6.07) is 10.8. The molecule has 2 aromatic carbocycles. The van der Waals surface area contributed by atoms with Gasteiger partial charge in [0.1, 0.15) is 18.4 Å². The first-order valence-corrected chi connectivity index (χ1v) is 10.7. The Hall–Kier alpha value is -2.98. The van der Waals surface area contributed by atoms with Crippen molar-refractivity contribution in [1.29, 1.82) is 0 Å². The largest absolute Gasteiger partial charge is 0.494 e. The Kier molecular flexibility index (Phi) is 5.92. The zero-order chi connectivity index (χ0) is 22.1. The van der Waals surface area contributed by atoms with Crippen LogP contribution in [-0.4, -0.2) is 35.4 Å². The molecule has 0 bridgehead atoms. The van der Waals surface area contributed by atoms with Crippen LogP contribution < -0.4 is 14.8 Å². The molecule has 1 aliphatic heterocycles. The number of methoxy groups -OCH3 is 1. The summed E-state index contributed by atoms with van der Waals surface area (Å²) in [5.74, 6) is 0.811. The van der Waals surface area contributed by atoms with Crippen LogP contribution in [-0.2, 0) is 0 Å². The average Bonchev–Trinajstić information content (AvgIpc) is 2.77. The zero-order valence-electron chi connectivity index (χ0n) is 16.1. The van der Waals surface area contributed by atoms with Crippen LogP contribution in [0.2, 0.25) is 0 Å². The lowest BCUT2D eigenvalue weighted by molar-refractivity contribution is -0.384. The van der Waals surface area contributed by atoms with Crippen molar-refractivity contribution in [3.8, 4) is 22.8 Å². The van der Waals surface area contributed by atoms with E-state index in [1.807, 2.05) is 0 Å². The topological polar surface area (TPSA) is 104 Å². The van der Waals surface area contributed by atoms with Crippen LogP contribution in [0.5, 0.6) is 11.6 Å². The van der Waals surface area contributed by atoms with E-state index in [1.54, 1.807) is 43.6 Å². The maximum atomic E-state index is 13.1. The van der Waals surface area contributed by atoms with Gasteiger partial charge < -0.3 is 14.8 Å². The van der Waals surface area contributed by atoms with Crippen molar-refractivity contribution >= 4 is 49.0 Å². The molecule has 0 spiro atoms. The number of nitrogens with zero attached hydrogens (tertiary/aromatic N) is 2.